The fraction of sp³-hybridized carbons (Fsp3) is 0.583. The van der Waals surface area contributed by atoms with Crippen LogP contribution in [-0.2, 0) is 24.5 Å². The summed E-state index contributed by atoms with van der Waals surface area (Å²) < 4.78 is 61.4. The van der Waals surface area contributed by atoms with Crippen LogP contribution in [0.5, 0.6) is 5.75 Å². The lowest BCUT2D eigenvalue weighted by Gasteiger charge is -2.34. The Balaban J connectivity index is 0.00000153. The van der Waals surface area contributed by atoms with Crippen molar-refractivity contribution in [2.75, 3.05) is 13.7 Å². The number of amides is 1. The lowest BCUT2D eigenvalue weighted by Crippen LogP contribution is -2.45. The second kappa shape index (κ2) is 13.4. The number of nitrogens with one attached hydrogen (secondary N) is 1. The number of methoxy groups -OCH3 is 1. The lowest BCUT2D eigenvalue weighted by atomic mass is 9.79. The van der Waals surface area contributed by atoms with Crippen LogP contribution in [0.4, 0.5) is 13.2 Å². The molecule has 0 spiro atoms. The van der Waals surface area contributed by atoms with Gasteiger partial charge in [-0.3, -0.25) is 9.48 Å². The molecule has 1 aliphatic carbocycles. The van der Waals surface area contributed by atoms with E-state index in [1.54, 1.807) is 22.9 Å². The number of aliphatic hydroxyl groups is 1. The van der Waals surface area contributed by atoms with Gasteiger partial charge in [-0.25, -0.2) is 0 Å². The van der Waals surface area contributed by atoms with Crippen LogP contribution in [0.1, 0.15) is 62.0 Å². The Morgan fingerprint density at radius 2 is 1.95 bits per heavy atom. The van der Waals surface area contributed by atoms with Gasteiger partial charge in [-0.2, -0.15) is 26.7 Å². The molecule has 2 N–H and O–H groups in total. The predicted octanol–water partition coefficient (Wildman–Crippen LogP) is 4.73. The average molecular weight is 566 g/mol. The highest BCUT2D eigenvalue weighted by Gasteiger charge is 2.33. The smallest absolute Gasteiger partial charge is 0.389 e. The van der Waals surface area contributed by atoms with E-state index in [0.29, 0.717) is 47.9 Å². The van der Waals surface area contributed by atoms with Crippen molar-refractivity contribution in [3.8, 4) is 17.0 Å². The Kier molecular flexibility index (Phi) is 11.1. The molecule has 0 radical (unpaired) electrons. The number of aromatic nitrogens is 2. The molecule has 13 heteroatoms. The van der Waals surface area contributed by atoms with Crippen molar-refractivity contribution in [3.05, 3.63) is 34.5 Å². The standard InChI is InChI=1S/C24H31ClF3N3O3.O2S/c1-4-31-21(17-6-5-16(13-18(17)34-3)9-12-24(26,27)28)19(25)20(30-31)22(32)29-14-23(33)10-7-15(2)8-11-23;1-3-2/h5-6,13,15,33H,4,7-12,14H2,1-3H3,(H,29,32);. The van der Waals surface area contributed by atoms with Gasteiger partial charge in [-0.05, 0) is 62.6 Å². The quantitative estimate of drug-likeness (QED) is 0.479. The molecule has 0 saturated heterocycles. The molecule has 0 aliphatic heterocycles. The summed E-state index contributed by atoms with van der Waals surface area (Å²) in [6, 6.07) is 4.77. The molecule has 1 heterocycles. The molecule has 3 rings (SSSR count). The molecule has 0 atom stereocenters. The molecule has 1 aromatic carbocycles. The molecule has 8 nitrogen and oxygen atoms in total. The maximum atomic E-state index is 12.9. The topological polar surface area (TPSA) is 111 Å². The van der Waals surface area contributed by atoms with E-state index < -0.39 is 35.7 Å². The number of rotatable bonds is 8. The first-order valence-electron chi connectivity index (χ1n) is 11.8. The van der Waals surface area contributed by atoms with Gasteiger partial charge >= 0.3 is 17.7 Å². The molecular formula is C24H31ClF3N3O5S. The molecule has 2 aromatic rings. The van der Waals surface area contributed by atoms with Crippen LogP contribution in [-0.4, -0.2) is 54.6 Å². The molecule has 1 aromatic heterocycles. The third-order valence-corrected chi connectivity index (χ3v) is 6.77. The Morgan fingerprint density at radius 3 is 2.49 bits per heavy atom. The molecule has 37 heavy (non-hydrogen) atoms. The summed E-state index contributed by atoms with van der Waals surface area (Å²) in [7, 11) is 1.42. The summed E-state index contributed by atoms with van der Waals surface area (Å²) in [5, 5.41) is 18.0. The zero-order chi connectivity index (χ0) is 27.8. The number of alkyl halides is 3. The normalized spacial score (nSPS) is 19.5. The highest BCUT2D eigenvalue weighted by Crippen LogP contribution is 2.38. The van der Waals surface area contributed by atoms with Crippen molar-refractivity contribution in [1.82, 2.24) is 15.1 Å². The summed E-state index contributed by atoms with van der Waals surface area (Å²) in [5.74, 6) is 0.406. The fourth-order valence-corrected chi connectivity index (χ4v) is 4.57. The number of aryl methyl sites for hydroxylation is 2. The Hall–Kier alpha value is -2.44. The van der Waals surface area contributed by atoms with Gasteiger partial charge in [0.1, 0.15) is 5.75 Å². The van der Waals surface area contributed by atoms with Crippen molar-refractivity contribution in [2.24, 2.45) is 5.92 Å². The summed E-state index contributed by atoms with van der Waals surface area (Å²) in [5.41, 5.74) is 0.523. The highest BCUT2D eigenvalue weighted by molar-refractivity contribution is 7.51. The van der Waals surface area contributed by atoms with Gasteiger partial charge < -0.3 is 15.2 Å². The van der Waals surface area contributed by atoms with Crippen LogP contribution >= 0.6 is 11.6 Å². The van der Waals surface area contributed by atoms with E-state index in [2.05, 4.69) is 17.3 Å². The molecule has 1 fully saturated rings. The van der Waals surface area contributed by atoms with Crippen LogP contribution in [0, 0.1) is 5.92 Å². The third-order valence-electron chi connectivity index (χ3n) is 6.41. The van der Waals surface area contributed by atoms with Crippen LogP contribution in [0.2, 0.25) is 5.02 Å². The summed E-state index contributed by atoms with van der Waals surface area (Å²) in [6.45, 7) is 4.50. The zero-order valence-electron chi connectivity index (χ0n) is 20.9. The van der Waals surface area contributed by atoms with Crippen LogP contribution in [0.3, 0.4) is 0 Å². The number of carbonyl (C=O) groups is 1. The monoisotopic (exact) mass is 565 g/mol. The van der Waals surface area contributed by atoms with E-state index in [-0.39, 0.29) is 23.7 Å². The van der Waals surface area contributed by atoms with E-state index in [4.69, 9.17) is 24.8 Å². The van der Waals surface area contributed by atoms with Crippen molar-refractivity contribution in [3.63, 3.8) is 0 Å². The fourth-order valence-electron chi connectivity index (χ4n) is 4.25. The number of ether oxygens (including phenoxy) is 1. The van der Waals surface area contributed by atoms with Crippen molar-refractivity contribution >= 4 is 29.1 Å². The van der Waals surface area contributed by atoms with Gasteiger partial charge in [0.25, 0.3) is 5.91 Å². The average Bonchev–Trinajstić information content (AvgIpc) is 3.19. The minimum absolute atomic E-state index is 0.0227. The Morgan fingerprint density at radius 1 is 1.32 bits per heavy atom. The van der Waals surface area contributed by atoms with Crippen molar-refractivity contribution < 1.29 is 36.2 Å². The lowest BCUT2D eigenvalue weighted by molar-refractivity contribution is -0.134. The maximum absolute atomic E-state index is 12.9. The minimum atomic E-state index is -4.25. The van der Waals surface area contributed by atoms with E-state index >= 15 is 0 Å². The number of nitrogens with zero attached hydrogens (tertiary/aromatic N) is 2. The number of benzene rings is 1. The van der Waals surface area contributed by atoms with E-state index in [9.17, 15) is 23.1 Å². The number of halogens is 4. The van der Waals surface area contributed by atoms with Crippen LogP contribution in [0.25, 0.3) is 11.3 Å². The summed E-state index contributed by atoms with van der Waals surface area (Å²) >= 11 is 5.84. The van der Waals surface area contributed by atoms with Gasteiger partial charge in [0.2, 0.25) is 0 Å². The van der Waals surface area contributed by atoms with Gasteiger partial charge in [0, 0.05) is 25.1 Å². The van der Waals surface area contributed by atoms with Crippen molar-refractivity contribution in [2.45, 2.75) is 70.7 Å². The first kappa shape index (κ1) is 30.8. The first-order chi connectivity index (χ1) is 17.4. The molecule has 1 aliphatic rings. The number of hydrogen-bond donors (Lipinski definition) is 2. The molecular weight excluding hydrogens is 535 g/mol. The Labute approximate surface area is 222 Å². The largest absolute Gasteiger partial charge is 0.496 e. The SMILES string of the molecule is CCn1nc(C(=O)NCC2(O)CCC(C)CC2)c(Cl)c1-c1ccc(CCC(F)(F)F)cc1OC.O=S=O. The minimum Gasteiger partial charge on any atom is -0.496 e. The van der Waals surface area contributed by atoms with Gasteiger partial charge in [-0.1, -0.05) is 24.6 Å². The first-order valence-corrected chi connectivity index (χ1v) is 12.8. The molecule has 0 bridgehead atoms. The molecule has 1 amide bonds. The van der Waals surface area contributed by atoms with E-state index in [0.717, 1.165) is 12.8 Å². The zero-order valence-corrected chi connectivity index (χ0v) is 22.4. The van der Waals surface area contributed by atoms with Gasteiger partial charge in [0.05, 0.1) is 23.4 Å². The van der Waals surface area contributed by atoms with Gasteiger partial charge in [-0.15, -0.1) is 0 Å². The number of carbonyl (C=O) groups excluding carboxylic acids is 1. The predicted molar refractivity (Wildman–Crippen MR) is 133 cm³/mol. The second-order valence-electron chi connectivity index (χ2n) is 9.13. The molecule has 1 saturated carbocycles. The second-order valence-corrected chi connectivity index (χ2v) is 9.65. The Bertz CT molecular complexity index is 1110. The summed E-state index contributed by atoms with van der Waals surface area (Å²) in [4.78, 5) is 12.9. The molecule has 0 unspecified atom stereocenters. The highest BCUT2D eigenvalue weighted by atomic mass is 35.5. The molecule has 206 valence electrons. The van der Waals surface area contributed by atoms with Crippen LogP contribution < -0.4 is 10.1 Å². The van der Waals surface area contributed by atoms with Crippen molar-refractivity contribution in [1.29, 1.82) is 0 Å². The van der Waals surface area contributed by atoms with E-state index in [1.165, 1.54) is 7.11 Å². The van der Waals surface area contributed by atoms with Gasteiger partial charge in [0.15, 0.2) is 5.69 Å². The number of hydrogen-bond acceptors (Lipinski definition) is 6. The van der Waals surface area contributed by atoms with Crippen LogP contribution in [0.15, 0.2) is 18.2 Å². The maximum Gasteiger partial charge on any atom is 0.389 e. The van der Waals surface area contributed by atoms with E-state index in [1.807, 2.05) is 6.92 Å². The third kappa shape index (κ3) is 8.54. The summed E-state index contributed by atoms with van der Waals surface area (Å²) in [6.07, 6.45) is -2.30.